The Hall–Kier alpha value is -1.58. The van der Waals surface area contributed by atoms with Crippen LogP contribution < -0.4 is 10.2 Å². The van der Waals surface area contributed by atoms with Gasteiger partial charge in [-0.25, -0.2) is 0 Å². The fourth-order valence-corrected chi connectivity index (χ4v) is 0.993. The summed E-state index contributed by atoms with van der Waals surface area (Å²) >= 11 is 0. The molecule has 0 N–H and O–H groups in total. The van der Waals surface area contributed by atoms with E-state index in [1.165, 1.54) is 12.2 Å². The third-order valence-electron chi connectivity index (χ3n) is 1.77. The van der Waals surface area contributed by atoms with Gasteiger partial charge in [-0.05, 0) is 12.8 Å². The van der Waals surface area contributed by atoms with Crippen molar-refractivity contribution in [2.24, 2.45) is 5.41 Å². The lowest BCUT2D eigenvalue weighted by Gasteiger charge is -2.33. The molecule has 0 saturated heterocycles. The highest BCUT2D eigenvalue weighted by molar-refractivity contribution is 5.96. The number of aliphatic carboxylic acids is 2. The average molecular weight is 182 g/mol. The summed E-state index contributed by atoms with van der Waals surface area (Å²) in [5, 5.41) is 21.2. The summed E-state index contributed by atoms with van der Waals surface area (Å²) in [4.78, 5) is 21.2. The second-order valence-corrected chi connectivity index (χ2v) is 2.64. The first-order valence-electron chi connectivity index (χ1n) is 3.66. The van der Waals surface area contributed by atoms with E-state index in [2.05, 4.69) is 13.2 Å². The normalized spacial score (nSPS) is 10.5. The Kier molecular flexibility index (Phi) is 3.91. The molecule has 0 amide bonds. The van der Waals surface area contributed by atoms with Crippen LogP contribution in [0.3, 0.4) is 0 Å². The average Bonchev–Trinajstić information content (AvgIpc) is 2.03. The van der Waals surface area contributed by atoms with Crippen molar-refractivity contribution in [3.63, 3.8) is 0 Å². The summed E-state index contributed by atoms with van der Waals surface area (Å²) in [6.07, 6.45) is 1.94. The largest absolute Gasteiger partial charge is 0.549 e. The van der Waals surface area contributed by atoms with E-state index in [0.29, 0.717) is 0 Å². The van der Waals surface area contributed by atoms with Crippen molar-refractivity contribution in [1.82, 2.24) is 0 Å². The molecule has 0 aliphatic heterocycles. The Bertz CT molecular complexity index is 216. The Morgan fingerprint density at radius 2 is 1.38 bits per heavy atom. The number of allylic oxidation sites excluding steroid dienone is 2. The molecule has 0 heterocycles. The van der Waals surface area contributed by atoms with Crippen molar-refractivity contribution in [1.29, 1.82) is 0 Å². The van der Waals surface area contributed by atoms with Gasteiger partial charge in [0.2, 0.25) is 0 Å². The van der Waals surface area contributed by atoms with Crippen LogP contribution in [0, 0.1) is 5.41 Å². The molecule has 0 aliphatic carbocycles. The van der Waals surface area contributed by atoms with Crippen LogP contribution in [0.4, 0.5) is 0 Å². The highest BCUT2D eigenvalue weighted by Gasteiger charge is 2.30. The lowest BCUT2D eigenvalue weighted by molar-refractivity contribution is -0.342. The Morgan fingerprint density at radius 3 is 1.54 bits per heavy atom. The first kappa shape index (κ1) is 11.4. The standard InChI is InChI=1S/C9H12O4/c1-3-5-9(6-4-2,7(10)11)8(12)13/h3-4H,1-2,5-6H2,(H,10,11)(H,12,13)/p-2. The van der Waals surface area contributed by atoms with E-state index >= 15 is 0 Å². The molecular weight excluding hydrogens is 172 g/mol. The predicted octanol–water partition coefficient (Wildman–Crippen LogP) is -1.38. The lowest BCUT2D eigenvalue weighted by atomic mass is 9.81. The fourth-order valence-electron chi connectivity index (χ4n) is 0.993. The van der Waals surface area contributed by atoms with Crippen LogP contribution in [-0.2, 0) is 9.59 Å². The van der Waals surface area contributed by atoms with E-state index in [-0.39, 0.29) is 12.8 Å². The molecule has 0 saturated carbocycles. The van der Waals surface area contributed by atoms with E-state index in [4.69, 9.17) is 0 Å². The maximum atomic E-state index is 10.6. The summed E-state index contributed by atoms with van der Waals surface area (Å²) in [6.45, 7) is 6.55. The van der Waals surface area contributed by atoms with Gasteiger partial charge in [0.15, 0.2) is 0 Å². The molecule has 0 fully saturated rings. The maximum absolute atomic E-state index is 10.6. The van der Waals surface area contributed by atoms with Gasteiger partial charge >= 0.3 is 0 Å². The minimum absolute atomic E-state index is 0.232. The molecule has 13 heavy (non-hydrogen) atoms. The number of rotatable bonds is 6. The first-order valence-corrected chi connectivity index (χ1v) is 3.66. The third-order valence-corrected chi connectivity index (χ3v) is 1.77. The van der Waals surface area contributed by atoms with Gasteiger partial charge in [-0.3, -0.25) is 0 Å². The number of carboxylic acid groups (broad SMARTS) is 2. The molecule has 0 bridgehead atoms. The fraction of sp³-hybridized carbons (Fsp3) is 0.333. The molecule has 0 aliphatic rings. The van der Waals surface area contributed by atoms with Crippen LogP contribution in [0.1, 0.15) is 12.8 Å². The van der Waals surface area contributed by atoms with Gasteiger partial charge in [0.05, 0.1) is 17.4 Å². The molecule has 0 rings (SSSR count). The van der Waals surface area contributed by atoms with E-state index in [1.807, 2.05) is 0 Å². The van der Waals surface area contributed by atoms with Gasteiger partial charge in [0, 0.05) is 0 Å². The maximum Gasteiger partial charge on any atom is 0.0562 e. The van der Waals surface area contributed by atoms with Crippen LogP contribution in [0.15, 0.2) is 25.3 Å². The van der Waals surface area contributed by atoms with Gasteiger partial charge in [-0.1, -0.05) is 12.2 Å². The summed E-state index contributed by atoms with van der Waals surface area (Å²) in [6, 6.07) is 0. The van der Waals surface area contributed by atoms with Crippen LogP contribution in [0.5, 0.6) is 0 Å². The van der Waals surface area contributed by atoms with Crippen molar-refractivity contribution < 1.29 is 19.8 Å². The molecule has 0 aromatic carbocycles. The van der Waals surface area contributed by atoms with Crippen LogP contribution in [0.25, 0.3) is 0 Å². The van der Waals surface area contributed by atoms with Crippen LogP contribution >= 0.6 is 0 Å². The highest BCUT2D eigenvalue weighted by Crippen LogP contribution is 2.26. The van der Waals surface area contributed by atoms with Crippen LogP contribution in [0.2, 0.25) is 0 Å². The molecule has 4 heteroatoms. The predicted molar refractivity (Wildman–Crippen MR) is 42.1 cm³/mol. The third kappa shape index (κ3) is 2.18. The van der Waals surface area contributed by atoms with Crippen molar-refractivity contribution >= 4 is 11.9 Å². The molecule has 0 radical (unpaired) electrons. The van der Waals surface area contributed by atoms with Crippen molar-refractivity contribution in [2.75, 3.05) is 0 Å². The monoisotopic (exact) mass is 182 g/mol. The molecule has 0 aromatic rings. The zero-order valence-corrected chi connectivity index (χ0v) is 7.12. The summed E-state index contributed by atoms with van der Waals surface area (Å²) in [5.41, 5.74) is -2.02. The zero-order chi connectivity index (χ0) is 10.5. The van der Waals surface area contributed by atoms with Gasteiger partial charge in [-0.15, -0.1) is 13.2 Å². The quantitative estimate of drug-likeness (QED) is 0.374. The Balaban J connectivity index is 5.02. The molecule has 4 nitrogen and oxygen atoms in total. The molecule has 72 valence electrons. The topological polar surface area (TPSA) is 80.3 Å². The summed E-state index contributed by atoms with van der Waals surface area (Å²) in [5.74, 6) is -3.35. The second-order valence-electron chi connectivity index (χ2n) is 2.64. The second kappa shape index (κ2) is 4.45. The Morgan fingerprint density at radius 1 is 1.08 bits per heavy atom. The van der Waals surface area contributed by atoms with E-state index in [1.54, 1.807) is 0 Å². The number of carboxylic acids is 2. The van der Waals surface area contributed by atoms with E-state index in [0.717, 1.165) is 0 Å². The van der Waals surface area contributed by atoms with E-state index < -0.39 is 17.4 Å². The highest BCUT2D eigenvalue weighted by atomic mass is 16.4. The first-order chi connectivity index (χ1) is 6.01. The Labute approximate surface area is 76.2 Å². The zero-order valence-electron chi connectivity index (χ0n) is 7.12. The molecular formula is C9H10O4-2. The minimum Gasteiger partial charge on any atom is -0.549 e. The van der Waals surface area contributed by atoms with Gasteiger partial charge in [0.25, 0.3) is 0 Å². The number of hydrogen-bond acceptors (Lipinski definition) is 4. The molecule has 0 aromatic heterocycles. The van der Waals surface area contributed by atoms with Crippen molar-refractivity contribution in [3.8, 4) is 0 Å². The van der Waals surface area contributed by atoms with Crippen molar-refractivity contribution in [2.45, 2.75) is 12.8 Å². The molecule has 0 unspecified atom stereocenters. The van der Waals surface area contributed by atoms with Gasteiger partial charge < -0.3 is 19.8 Å². The molecule has 0 spiro atoms. The number of carbonyl (C=O) groups is 2. The minimum atomic E-state index is -2.02. The van der Waals surface area contributed by atoms with Gasteiger partial charge in [0.1, 0.15) is 0 Å². The summed E-state index contributed by atoms with van der Waals surface area (Å²) in [7, 11) is 0. The van der Waals surface area contributed by atoms with E-state index in [9.17, 15) is 19.8 Å². The smallest absolute Gasteiger partial charge is 0.0562 e. The number of hydrogen-bond donors (Lipinski definition) is 0. The lowest BCUT2D eigenvalue weighted by Crippen LogP contribution is -2.53. The summed E-state index contributed by atoms with van der Waals surface area (Å²) < 4.78 is 0. The van der Waals surface area contributed by atoms with Gasteiger partial charge in [-0.2, -0.15) is 0 Å². The van der Waals surface area contributed by atoms with Crippen LogP contribution in [-0.4, -0.2) is 11.9 Å². The van der Waals surface area contributed by atoms with Crippen molar-refractivity contribution in [3.05, 3.63) is 25.3 Å². The molecule has 0 atom stereocenters. The number of carbonyl (C=O) groups excluding carboxylic acids is 2. The SMILES string of the molecule is C=CCC(CC=C)(C(=O)[O-])C(=O)[O-].